The third-order valence-corrected chi connectivity index (χ3v) is 11.1. The molecule has 9 rings (SSSR count). The van der Waals surface area contributed by atoms with Gasteiger partial charge in [0.1, 0.15) is 13.2 Å². The molecule has 1 saturated heterocycles. The van der Waals surface area contributed by atoms with Crippen molar-refractivity contribution in [3.05, 3.63) is 94.2 Å². The summed E-state index contributed by atoms with van der Waals surface area (Å²) in [5, 5.41) is 27.6. The highest BCUT2D eigenvalue weighted by Crippen LogP contribution is 2.69. The van der Waals surface area contributed by atoms with Gasteiger partial charge in [0.05, 0.1) is 27.8 Å². The number of likely N-dealkylation sites (tertiary alicyclic amines) is 1. The fourth-order valence-corrected chi connectivity index (χ4v) is 8.87. The molecule has 3 heterocycles. The number of nitrogens with zero attached hydrogens (tertiary/aromatic N) is 1. The van der Waals surface area contributed by atoms with E-state index in [1.165, 1.54) is 12.8 Å². The largest absolute Gasteiger partial charge is 0.504 e. The number of esters is 1. The molecule has 0 unspecified atom stereocenters. The van der Waals surface area contributed by atoms with Gasteiger partial charge in [0.2, 0.25) is 0 Å². The van der Waals surface area contributed by atoms with E-state index in [-0.39, 0.29) is 24.9 Å². The van der Waals surface area contributed by atoms with E-state index in [9.17, 15) is 19.8 Å². The minimum atomic E-state index is -1.11. The standard InChI is InChI=1S/C36H35N3O6/c40-26-12-11-22-15-27-36(43)16-25-23-7-4-8-24(34(42)37-17-28(41)44-19-21-5-2-1-3-6-21)30(23)38-31(25)33-35(36,29(22)32(26)45-33)13-14-39(27)18-20-9-10-20/h1-8,11-12,20,27,33,38,40,43H,9-10,13-19H2,(H,37,42)/t27-,33-,35-,36+/m0/s1. The zero-order chi connectivity index (χ0) is 30.5. The van der Waals surface area contributed by atoms with Gasteiger partial charge in [-0.25, -0.2) is 0 Å². The first-order valence-corrected chi connectivity index (χ1v) is 16.0. The quantitative estimate of drug-likeness (QED) is 0.235. The number of carbonyl (C=O) groups excluding carboxylic acids is 2. The highest BCUT2D eigenvalue weighted by atomic mass is 16.5. The zero-order valence-corrected chi connectivity index (χ0v) is 24.8. The normalized spacial score (nSPS) is 27.4. The van der Waals surface area contributed by atoms with Gasteiger partial charge in [0.15, 0.2) is 17.6 Å². The molecule has 1 spiro atoms. The number of aromatic hydroxyl groups is 1. The van der Waals surface area contributed by atoms with Gasteiger partial charge in [-0.3, -0.25) is 14.5 Å². The molecule has 1 amide bonds. The molecular formula is C36H35N3O6. The summed E-state index contributed by atoms with van der Waals surface area (Å²) >= 11 is 0. The molecule has 230 valence electrons. The Kier molecular flexibility index (Phi) is 5.75. The van der Waals surface area contributed by atoms with Crippen LogP contribution in [0.25, 0.3) is 10.9 Å². The lowest BCUT2D eigenvalue weighted by molar-refractivity contribution is -0.173. The summed E-state index contributed by atoms with van der Waals surface area (Å²) in [7, 11) is 0. The topological polar surface area (TPSA) is 124 Å². The number of H-pyrrole nitrogens is 1. The van der Waals surface area contributed by atoms with Crippen LogP contribution in [0.5, 0.6) is 11.5 Å². The number of rotatable bonds is 7. The SMILES string of the molecule is O=C(CNC(=O)c1cccc2c3c([nH]c12)[C@@H]1Oc2c(O)ccc4c2[C@@]12CCN(CC1CC1)[C@@H](C4)[C@]2(O)C3)OCc1ccccc1. The monoisotopic (exact) mass is 605 g/mol. The van der Waals surface area contributed by atoms with Gasteiger partial charge >= 0.3 is 5.97 Å². The number of phenols is 1. The van der Waals surface area contributed by atoms with Gasteiger partial charge in [-0.15, -0.1) is 0 Å². The van der Waals surface area contributed by atoms with Crippen molar-refractivity contribution in [2.75, 3.05) is 19.6 Å². The lowest BCUT2D eigenvalue weighted by atomic mass is 9.49. The Morgan fingerprint density at radius 1 is 1.09 bits per heavy atom. The maximum Gasteiger partial charge on any atom is 0.325 e. The number of para-hydroxylation sites is 1. The summed E-state index contributed by atoms with van der Waals surface area (Å²) < 4.78 is 12.0. The van der Waals surface area contributed by atoms with Crippen LogP contribution in [-0.2, 0) is 34.4 Å². The summed E-state index contributed by atoms with van der Waals surface area (Å²) in [5.74, 6) is 0.347. The Morgan fingerprint density at radius 2 is 1.93 bits per heavy atom. The third-order valence-electron chi connectivity index (χ3n) is 11.1. The second-order valence-corrected chi connectivity index (χ2v) is 13.5. The average molecular weight is 606 g/mol. The minimum Gasteiger partial charge on any atom is -0.504 e. The van der Waals surface area contributed by atoms with Crippen molar-refractivity contribution in [1.29, 1.82) is 0 Å². The van der Waals surface area contributed by atoms with Crippen molar-refractivity contribution in [2.45, 2.75) is 61.9 Å². The van der Waals surface area contributed by atoms with Crippen LogP contribution in [0.2, 0.25) is 0 Å². The van der Waals surface area contributed by atoms with Gasteiger partial charge in [0, 0.05) is 30.0 Å². The van der Waals surface area contributed by atoms with Gasteiger partial charge in [-0.2, -0.15) is 0 Å². The Hall–Kier alpha value is -4.34. The molecule has 9 nitrogen and oxygen atoms in total. The number of nitrogens with one attached hydrogen (secondary N) is 2. The molecule has 4 atom stereocenters. The summed E-state index contributed by atoms with van der Waals surface area (Å²) in [4.78, 5) is 32.0. The highest BCUT2D eigenvalue weighted by molar-refractivity contribution is 6.07. The number of hydrogen-bond acceptors (Lipinski definition) is 7. The fraction of sp³-hybridized carbons (Fsp3) is 0.389. The molecule has 4 N–H and O–H groups in total. The van der Waals surface area contributed by atoms with E-state index in [1.807, 2.05) is 48.5 Å². The number of benzene rings is 3. The van der Waals surface area contributed by atoms with E-state index in [0.717, 1.165) is 46.4 Å². The van der Waals surface area contributed by atoms with Crippen LogP contribution >= 0.6 is 0 Å². The minimum absolute atomic E-state index is 0.0765. The van der Waals surface area contributed by atoms with Gasteiger partial charge in [0.25, 0.3) is 5.91 Å². The molecule has 2 fully saturated rings. The summed E-state index contributed by atoms with van der Waals surface area (Å²) in [5.41, 5.74) is 3.98. The van der Waals surface area contributed by atoms with Gasteiger partial charge < -0.3 is 30.0 Å². The lowest BCUT2D eigenvalue weighted by Crippen LogP contribution is -2.74. The molecule has 0 radical (unpaired) electrons. The summed E-state index contributed by atoms with van der Waals surface area (Å²) in [6.45, 7) is 1.74. The lowest BCUT2D eigenvalue weighted by Gasteiger charge is -2.62. The summed E-state index contributed by atoms with van der Waals surface area (Å²) in [6, 6.07) is 18.6. The smallest absolute Gasteiger partial charge is 0.325 e. The van der Waals surface area contributed by atoms with Crippen LogP contribution in [-0.4, -0.2) is 63.3 Å². The van der Waals surface area contributed by atoms with Gasteiger partial charge in [-0.05, 0) is 67.0 Å². The molecule has 3 aromatic carbocycles. The van der Waals surface area contributed by atoms with E-state index < -0.39 is 29.0 Å². The molecule has 2 bridgehead atoms. The van der Waals surface area contributed by atoms with Crippen molar-refractivity contribution in [1.82, 2.24) is 15.2 Å². The van der Waals surface area contributed by atoms with Crippen LogP contribution in [0.15, 0.2) is 60.7 Å². The van der Waals surface area contributed by atoms with Crippen molar-refractivity contribution in [3.63, 3.8) is 0 Å². The maximum absolute atomic E-state index is 13.5. The van der Waals surface area contributed by atoms with E-state index in [1.54, 1.807) is 12.1 Å². The maximum atomic E-state index is 13.5. The molecular weight excluding hydrogens is 570 g/mol. The first-order chi connectivity index (χ1) is 21.9. The number of fused-ring (bicyclic) bond motifs is 4. The second-order valence-electron chi connectivity index (χ2n) is 13.5. The number of carbonyl (C=O) groups is 2. The van der Waals surface area contributed by atoms with Crippen LogP contribution in [0, 0.1) is 5.92 Å². The highest BCUT2D eigenvalue weighted by Gasteiger charge is 2.72. The zero-order valence-electron chi connectivity index (χ0n) is 24.8. The molecule has 5 aliphatic rings. The molecule has 45 heavy (non-hydrogen) atoms. The number of amides is 1. The van der Waals surface area contributed by atoms with Crippen LogP contribution in [0.3, 0.4) is 0 Å². The number of aromatic amines is 1. The van der Waals surface area contributed by atoms with Crippen LogP contribution < -0.4 is 10.1 Å². The third kappa shape index (κ3) is 3.80. The van der Waals surface area contributed by atoms with E-state index >= 15 is 0 Å². The Morgan fingerprint density at radius 3 is 2.76 bits per heavy atom. The van der Waals surface area contributed by atoms with Crippen molar-refractivity contribution in [2.24, 2.45) is 5.92 Å². The van der Waals surface area contributed by atoms with E-state index in [4.69, 9.17) is 9.47 Å². The molecule has 9 heteroatoms. The van der Waals surface area contributed by atoms with Crippen LogP contribution in [0.1, 0.15) is 63.7 Å². The number of aromatic nitrogens is 1. The number of ether oxygens (including phenoxy) is 2. The van der Waals surface area contributed by atoms with E-state index in [2.05, 4.69) is 15.2 Å². The second kappa shape index (κ2) is 9.58. The molecule has 2 aliphatic heterocycles. The molecule has 3 aliphatic carbocycles. The van der Waals surface area contributed by atoms with Gasteiger partial charge in [-0.1, -0.05) is 48.5 Å². The van der Waals surface area contributed by atoms with Crippen molar-refractivity contribution < 1.29 is 29.3 Å². The number of hydrogen-bond donors (Lipinski definition) is 4. The number of phenolic OH excluding ortho intramolecular Hbond substituents is 1. The fourth-order valence-electron chi connectivity index (χ4n) is 8.87. The predicted molar refractivity (Wildman–Crippen MR) is 165 cm³/mol. The predicted octanol–water partition coefficient (Wildman–Crippen LogP) is 4.05. The Balaban J connectivity index is 1.07. The Bertz CT molecular complexity index is 1880. The average Bonchev–Trinajstić information content (AvgIpc) is 3.69. The molecule has 4 aromatic rings. The van der Waals surface area contributed by atoms with Crippen molar-refractivity contribution in [3.8, 4) is 11.5 Å². The number of aliphatic hydroxyl groups is 1. The van der Waals surface area contributed by atoms with Crippen molar-refractivity contribution >= 4 is 22.8 Å². The number of piperidine rings is 1. The Labute approximate surface area is 260 Å². The first kappa shape index (κ1) is 27.0. The first-order valence-electron chi connectivity index (χ1n) is 16.0. The molecule has 1 saturated carbocycles. The molecule has 1 aromatic heterocycles. The van der Waals surface area contributed by atoms with E-state index in [0.29, 0.717) is 42.0 Å². The summed E-state index contributed by atoms with van der Waals surface area (Å²) in [6.07, 6.45) is 3.79. The van der Waals surface area contributed by atoms with Crippen LogP contribution in [0.4, 0.5) is 0 Å².